The number of carbonyl (C=O) groups excluding carboxylic acids is 3. The summed E-state index contributed by atoms with van der Waals surface area (Å²) in [5.74, 6) is 5.24. The molecule has 2 rings (SSSR count). The average Bonchev–Trinajstić information content (AvgIpc) is 2.94. The van der Waals surface area contributed by atoms with E-state index in [1.807, 2.05) is 30.3 Å². The number of ether oxygens (including phenoxy) is 1. The van der Waals surface area contributed by atoms with Crippen LogP contribution in [0.4, 0.5) is 14.9 Å². The standard InChI is InChI=1S/C29H35FN5O4P/c1-32-19-24(18-31)33(2)13-14-35(29(20-37,12-15-36)21-39-4)28(38)34(3)27-25(30)16-23(17-26(27)40)11-10-22-8-6-5-7-9-22/h5-9,15-20H,12-14,21,31,40H2,1-4H3. The van der Waals surface area contributed by atoms with Gasteiger partial charge in [0.25, 0.3) is 0 Å². The fraction of sp³-hybridized carbons (Fsp3) is 0.310. The van der Waals surface area contributed by atoms with Gasteiger partial charge in [0.1, 0.15) is 23.9 Å². The van der Waals surface area contributed by atoms with Crippen LogP contribution in [0, 0.1) is 17.7 Å². The number of urea groups is 1. The van der Waals surface area contributed by atoms with Gasteiger partial charge >= 0.3 is 6.03 Å². The number of aldehydes is 2. The van der Waals surface area contributed by atoms with Crippen molar-refractivity contribution in [2.24, 2.45) is 10.7 Å². The molecule has 9 nitrogen and oxygen atoms in total. The first-order valence-electron chi connectivity index (χ1n) is 12.3. The second-order valence-corrected chi connectivity index (χ2v) is 9.55. The molecule has 0 radical (unpaired) electrons. The third-order valence-corrected chi connectivity index (χ3v) is 6.63. The molecule has 0 saturated carbocycles. The van der Waals surface area contributed by atoms with Crippen LogP contribution in [0.2, 0.25) is 0 Å². The van der Waals surface area contributed by atoms with Crippen LogP contribution in [-0.4, -0.2) is 88.1 Å². The van der Waals surface area contributed by atoms with E-state index >= 15 is 4.39 Å². The number of aliphatic imine (C=N–C) groups is 1. The predicted octanol–water partition coefficient (Wildman–Crippen LogP) is 2.19. The van der Waals surface area contributed by atoms with Gasteiger partial charge in [0, 0.05) is 71.3 Å². The van der Waals surface area contributed by atoms with E-state index in [4.69, 9.17) is 10.5 Å². The Morgan fingerprint density at radius 2 is 1.82 bits per heavy atom. The van der Waals surface area contributed by atoms with Crippen molar-refractivity contribution in [1.82, 2.24) is 9.80 Å². The zero-order valence-corrected chi connectivity index (χ0v) is 24.3. The summed E-state index contributed by atoms with van der Waals surface area (Å²) in [5.41, 5.74) is 5.85. The molecule has 2 unspecified atom stereocenters. The molecule has 2 amide bonds. The second kappa shape index (κ2) is 15.5. The van der Waals surface area contributed by atoms with Crippen LogP contribution >= 0.6 is 9.24 Å². The third-order valence-electron chi connectivity index (χ3n) is 6.19. The highest BCUT2D eigenvalue weighted by Gasteiger charge is 2.41. The molecule has 0 aliphatic carbocycles. The number of benzene rings is 2. The Balaban J connectivity index is 2.48. The van der Waals surface area contributed by atoms with Crippen LogP contribution in [0.5, 0.6) is 0 Å². The van der Waals surface area contributed by atoms with Gasteiger partial charge in [0.05, 0.1) is 18.0 Å². The maximum absolute atomic E-state index is 15.4. The number of anilines is 1. The van der Waals surface area contributed by atoms with Crippen molar-refractivity contribution in [3.63, 3.8) is 0 Å². The fourth-order valence-electron chi connectivity index (χ4n) is 4.06. The van der Waals surface area contributed by atoms with Crippen molar-refractivity contribution in [2.75, 3.05) is 52.8 Å². The number of amides is 2. The highest BCUT2D eigenvalue weighted by molar-refractivity contribution is 7.28. The zero-order valence-electron chi connectivity index (χ0n) is 23.1. The maximum Gasteiger partial charge on any atom is 0.325 e. The molecule has 40 heavy (non-hydrogen) atoms. The number of nitrogens with zero attached hydrogens (tertiary/aromatic N) is 4. The molecule has 0 bridgehead atoms. The Kier molecular flexibility index (Phi) is 12.5. The highest BCUT2D eigenvalue weighted by atomic mass is 31.0. The molecule has 212 valence electrons. The summed E-state index contributed by atoms with van der Waals surface area (Å²) in [6.07, 6.45) is 3.66. The summed E-state index contributed by atoms with van der Waals surface area (Å²) < 4.78 is 20.7. The number of carbonyl (C=O) groups is 3. The largest absolute Gasteiger partial charge is 0.403 e. The molecule has 0 saturated heterocycles. The molecule has 2 N–H and O–H groups in total. The van der Waals surface area contributed by atoms with Crippen LogP contribution in [0.3, 0.4) is 0 Å². The molecule has 2 atom stereocenters. The summed E-state index contributed by atoms with van der Waals surface area (Å²) in [5, 5.41) is 0.386. The molecule has 2 aromatic carbocycles. The van der Waals surface area contributed by atoms with Crippen molar-refractivity contribution >= 4 is 45.0 Å². The van der Waals surface area contributed by atoms with Crippen LogP contribution in [0.15, 0.2) is 59.4 Å². The average molecular weight is 568 g/mol. The maximum atomic E-state index is 15.4. The van der Waals surface area contributed by atoms with Gasteiger partial charge in [-0.1, -0.05) is 30.0 Å². The van der Waals surface area contributed by atoms with Crippen molar-refractivity contribution < 1.29 is 23.5 Å². The number of halogens is 1. The minimum atomic E-state index is -1.62. The Labute approximate surface area is 237 Å². The Bertz CT molecular complexity index is 1290. The number of hydrogen-bond donors (Lipinski definition) is 1. The van der Waals surface area contributed by atoms with Crippen LogP contribution in [-0.2, 0) is 14.3 Å². The lowest BCUT2D eigenvalue weighted by Crippen LogP contribution is -2.61. The van der Waals surface area contributed by atoms with E-state index < -0.39 is 17.4 Å². The monoisotopic (exact) mass is 567 g/mol. The molecular weight excluding hydrogens is 532 g/mol. The Hall–Kier alpha value is -4.06. The van der Waals surface area contributed by atoms with Crippen molar-refractivity contribution in [3.8, 4) is 11.8 Å². The van der Waals surface area contributed by atoms with Gasteiger partial charge in [-0.2, -0.15) is 0 Å². The van der Waals surface area contributed by atoms with Gasteiger partial charge in [-0.05, 0) is 29.6 Å². The molecule has 0 spiro atoms. The van der Waals surface area contributed by atoms with Crippen LogP contribution in [0.1, 0.15) is 17.5 Å². The molecule has 0 fully saturated rings. The van der Waals surface area contributed by atoms with Gasteiger partial charge < -0.3 is 29.9 Å². The van der Waals surface area contributed by atoms with E-state index in [2.05, 4.69) is 26.1 Å². The highest BCUT2D eigenvalue weighted by Crippen LogP contribution is 2.25. The first kappa shape index (κ1) is 32.2. The lowest BCUT2D eigenvalue weighted by Gasteiger charge is -2.41. The topological polar surface area (TPSA) is 109 Å². The van der Waals surface area contributed by atoms with Crippen molar-refractivity contribution in [3.05, 3.63) is 71.3 Å². The minimum Gasteiger partial charge on any atom is -0.403 e. The Morgan fingerprint density at radius 3 is 2.38 bits per heavy atom. The molecular formula is C29H35FN5O4P. The van der Waals surface area contributed by atoms with E-state index in [1.165, 1.54) is 31.3 Å². The van der Waals surface area contributed by atoms with Gasteiger partial charge in [0.2, 0.25) is 0 Å². The van der Waals surface area contributed by atoms with Crippen molar-refractivity contribution in [2.45, 2.75) is 12.0 Å². The van der Waals surface area contributed by atoms with Gasteiger partial charge in [-0.3, -0.25) is 9.89 Å². The Morgan fingerprint density at radius 1 is 1.15 bits per heavy atom. The van der Waals surface area contributed by atoms with E-state index in [9.17, 15) is 14.4 Å². The van der Waals surface area contributed by atoms with E-state index in [1.54, 1.807) is 31.3 Å². The summed E-state index contributed by atoms with van der Waals surface area (Å²) in [6, 6.07) is 11.5. The van der Waals surface area contributed by atoms with Gasteiger partial charge in [-0.25, -0.2) is 9.18 Å². The number of rotatable bonds is 12. The lowest BCUT2D eigenvalue weighted by molar-refractivity contribution is -0.124. The second-order valence-electron chi connectivity index (χ2n) is 8.93. The van der Waals surface area contributed by atoms with E-state index in [0.29, 0.717) is 29.1 Å². The number of hydrogen-bond acceptors (Lipinski definition) is 7. The number of likely N-dealkylation sites (N-methyl/N-ethyl adjacent to an activating group) is 1. The summed E-state index contributed by atoms with van der Waals surface area (Å²) in [6.45, 7) is -0.0330. The molecule has 0 aliphatic rings. The number of nitrogens with two attached hydrogens (primary N) is 1. The number of methoxy groups -OCH3 is 1. The van der Waals surface area contributed by atoms with Crippen molar-refractivity contribution in [1.29, 1.82) is 0 Å². The molecule has 11 heteroatoms. The summed E-state index contributed by atoms with van der Waals surface area (Å²) in [4.78, 5) is 46.0. The van der Waals surface area contributed by atoms with E-state index in [0.717, 1.165) is 10.5 Å². The van der Waals surface area contributed by atoms with E-state index in [-0.39, 0.29) is 31.8 Å². The minimum absolute atomic E-state index is 0.0115. The molecule has 0 heterocycles. The smallest absolute Gasteiger partial charge is 0.325 e. The molecule has 0 aliphatic heterocycles. The predicted molar refractivity (Wildman–Crippen MR) is 159 cm³/mol. The lowest BCUT2D eigenvalue weighted by atomic mass is 9.96. The summed E-state index contributed by atoms with van der Waals surface area (Å²) >= 11 is 0. The molecule has 2 aromatic rings. The van der Waals surface area contributed by atoms with Crippen LogP contribution in [0.25, 0.3) is 0 Å². The third kappa shape index (κ3) is 7.98. The normalized spacial score (nSPS) is 12.7. The SMILES string of the molecule is CN=CC(=CN)N(C)CCN(C(=O)N(C)c1c(F)cc(C#Cc2ccccc2)cc1P)C(C=O)(CC=O)COC. The van der Waals surface area contributed by atoms with Crippen LogP contribution < -0.4 is 15.9 Å². The summed E-state index contributed by atoms with van der Waals surface area (Å²) in [7, 11) is 8.52. The van der Waals surface area contributed by atoms with Gasteiger partial charge in [0.15, 0.2) is 0 Å². The zero-order chi connectivity index (χ0) is 29.7. The van der Waals surface area contributed by atoms with Gasteiger partial charge in [-0.15, -0.1) is 9.24 Å². The first-order valence-corrected chi connectivity index (χ1v) is 12.9. The first-order chi connectivity index (χ1) is 19.2. The quantitative estimate of drug-likeness (QED) is 0.182. The fourth-order valence-corrected chi connectivity index (χ4v) is 4.58. The molecule has 0 aromatic heterocycles. The number of allylic oxidation sites excluding steroid dienone is 1.